The Morgan fingerprint density at radius 3 is 2.62 bits per heavy atom. The average molecular weight is 519 g/mol. The number of nitrogens with one attached hydrogen (secondary N) is 1. The third-order valence-electron chi connectivity index (χ3n) is 11.7. The number of allylic oxidation sites excluding steroid dienone is 1. The van der Waals surface area contributed by atoms with Crippen LogP contribution in [0.1, 0.15) is 72.6 Å². The SMILES string of the molecule is C[C@@H]1CCC23CCC(=O)C2[C@]1(C)[C@H](OC(=O)NC(=O)[C@H]1CN2CC[C@H]1C2)C[C@@](C)(C/C=C/F)[C@@H](O)[C@@H]3C. The zero-order valence-corrected chi connectivity index (χ0v) is 22.7. The number of hydrogen-bond donors (Lipinski definition) is 2. The molecule has 7 nitrogen and oxygen atoms in total. The van der Waals surface area contributed by atoms with Crippen molar-refractivity contribution in [2.45, 2.75) is 84.8 Å². The summed E-state index contributed by atoms with van der Waals surface area (Å²) in [5.74, 6) is -0.444. The molecule has 2 N–H and O–H groups in total. The Kier molecular flexibility index (Phi) is 6.83. The van der Waals surface area contributed by atoms with E-state index < -0.39 is 29.1 Å². The van der Waals surface area contributed by atoms with Crippen LogP contribution in [0.3, 0.4) is 0 Å². The number of alkyl carbamates (subject to hydrolysis) is 1. The van der Waals surface area contributed by atoms with Crippen molar-refractivity contribution < 1.29 is 28.6 Å². The number of fused-ring (bicyclic) bond motifs is 2. The second-order valence-electron chi connectivity index (χ2n) is 13.4. The molecule has 0 aromatic rings. The van der Waals surface area contributed by atoms with E-state index >= 15 is 0 Å². The lowest BCUT2D eigenvalue weighted by molar-refractivity contribution is -0.197. The maximum Gasteiger partial charge on any atom is 0.414 e. The first kappa shape index (κ1) is 26.8. The average Bonchev–Trinajstić information content (AvgIpc) is 3.59. The van der Waals surface area contributed by atoms with Crippen molar-refractivity contribution >= 4 is 17.8 Å². The molecule has 5 rings (SSSR count). The molecular formula is C29H43FN2O5. The summed E-state index contributed by atoms with van der Waals surface area (Å²) in [7, 11) is 0. The molecule has 2 amide bonds. The zero-order chi connectivity index (χ0) is 26.8. The molecular weight excluding hydrogens is 475 g/mol. The first-order chi connectivity index (χ1) is 17.5. The number of amides is 2. The first-order valence-corrected chi connectivity index (χ1v) is 14.2. The van der Waals surface area contributed by atoms with E-state index in [0.717, 1.165) is 32.4 Å². The quantitative estimate of drug-likeness (QED) is 0.578. The fourth-order valence-corrected chi connectivity index (χ4v) is 9.30. The van der Waals surface area contributed by atoms with Crippen LogP contribution in [0.2, 0.25) is 0 Å². The Bertz CT molecular complexity index is 987. The van der Waals surface area contributed by atoms with Gasteiger partial charge in [-0.15, -0.1) is 0 Å². The lowest BCUT2D eigenvalue weighted by Crippen LogP contribution is -2.63. The molecule has 5 fully saturated rings. The van der Waals surface area contributed by atoms with Gasteiger partial charge in [0.1, 0.15) is 11.9 Å². The van der Waals surface area contributed by atoms with Crippen LogP contribution in [0.4, 0.5) is 9.18 Å². The fourth-order valence-electron chi connectivity index (χ4n) is 9.30. The smallest absolute Gasteiger partial charge is 0.414 e. The highest BCUT2D eigenvalue weighted by Gasteiger charge is 2.68. The molecule has 37 heavy (non-hydrogen) atoms. The van der Waals surface area contributed by atoms with E-state index in [1.807, 2.05) is 13.8 Å². The summed E-state index contributed by atoms with van der Waals surface area (Å²) in [6.07, 6.45) is 4.05. The summed E-state index contributed by atoms with van der Waals surface area (Å²) >= 11 is 0. The van der Waals surface area contributed by atoms with Crippen molar-refractivity contribution in [3.8, 4) is 0 Å². The van der Waals surface area contributed by atoms with Crippen LogP contribution < -0.4 is 5.32 Å². The summed E-state index contributed by atoms with van der Waals surface area (Å²) < 4.78 is 19.3. The van der Waals surface area contributed by atoms with Gasteiger partial charge in [0, 0.05) is 36.3 Å². The van der Waals surface area contributed by atoms with Gasteiger partial charge < -0.3 is 14.7 Å². The third kappa shape index (κ3) is 4.08. The minimum Gasteiger partial charge on any atom is -0.445 e. The van der Waals surface area contributed by atoms with E-state index in [-0.39, 0.29) is 59.5 Å². The molecule has 0 radical (unpaired) electrons. The molecule has 2 heterocycles. The molecule has 11 atom stereocenters. The monoisotopic (exact) mass is 518 g/mol. The first-order valence-electron chi connectivity index (χ1n) is 14.2. The molecule has 4 bridgehead atoms. The van der Waals surface area contributed by atoms with Gasteiger partial charge in [-0.2, -0.15) is 0 Å². The number of carbonyl (C=O) groups excluding carboxylic acids is 3. The highest BCUT2D eigenvalue weighted by atomic mass is 19.1. The number of ether oxygens (including phenoxy) is 1. The number of aliphatic hydroxyl groups is 1. The summed E-state index contributed by atoms with van der Waals surface area (Å²) in [4.78, 5) is 42.0. The number of piperidine rings is 1. The normalized spacial score (nSPS) is 49.0. The van der Waals surface area contributed by atoms with Crippen LogP contribution >= 0.6 is 0 Å². The zero-order valence-electron chi connectivity index (χ0n) is 22.7. The van der Waals surface area contributed by atoms with Crippen molar-refractivity contribution in [1.29, 1.82) is 0 Å². The lowest BCUT2D eigenvalue weighted by atomic mass is 9.43. The topological polar surface area (TPSA) is 95.9 Å². The Balaban J connectivity index is 1.47. The summed E-state index contributed by atoms with van der Waals surface area (Å²) in [6.45, 7) is 10.7. The van der Waals surface area contributed by atoms with Crippen molar-refractivity contribution in [2.75, 3.05) is 19.6 Å². The molecule has 2 saturated heterocycles. The third-order valence-corrected chi connectivity index (χ3v) is 11.7. The Morgan fingerprint density at radius 1 is 1.22 bits per heavy atom. The van der Waals surface area contributed by atoms with Gasteiger partial charge in [0.05, 0.1) is 18.4 Å². The van der Waals surface area contributed by atoms with Crippen LogP contribution in [0, 0.1) is 45.8 Å². The van der Waals surface area contributed by atoms with Gasteiger partial charge in [-0.05, 0) is 68.2 Å². The Hall–Kier alpha value is -1.80. The maximum atomic E-state index is 13.5. The van der Waals surface area contributed by atoms with E-state index in [9.17, 15) is 23.9 Å². The minimum atomic E-state index is -0.797. The molecule has 3 unspecified atom stereocenters. The predicted octanol–water partition coefficient (Wildman–Crippen LogP) is 4.24. The molecule has 3 saturated carbocycles. The standard InChI is InChI=1S/C29H43FN2O5/c1-17-6-10-29-11-7-21(33)23(29)28(17,4)22(14-27(3,9-5-12-30)24(34)18(29)2)37-26(36)31-25(35)20-16-32-13-8-19(20)15-32/h5,12,17-20,22-24,34H,6-11,13-16H2,1-4H3,(H,31,35,36)/b12-5+/t17-,18+,19+,20+,22-,23?,24+,27-,28+,29?/m1/s1. The molecule has 0 aromatic carbocycles. The van der Waals surface area contributed by atoms with E-state index in [2.05, 4.69) is 24.1 Å². The lowest BCUT2D eigenvalue weighted by Gasteiger charge is -2.62. The highest BCUT2D eigenvalue weighted by molar-refractivity contribution is 5.93. The van der Waals surface area contributed by atoms with Gasteiger partial charge in [0.25, 0.3) is 0 Å². The molecule has 5 aliphatic rings. The van der Waals surface area contributed by atoms with Gasteiger partial charge in [-0.3, -0.25) is 14.9 Å². The minimum absolute atomic E-state index is 0.1000. The van der Waals surface area contributed by atoms with Crippen LogP contribution in [0.5, 0.6) is 0 Å². The van der Waals surface area contributed by atoms with Crippen LogP contribution in [-0.4, -0.2) is 59.6 Å². The second kappa shape index (κ2) is 9.44. The van der Waals surface area contributed by atoms with E-state index in [1.165, 1.54) is 6.08 Å². The molecule has 0 aromatic heterocycles. The number of hydrogen-bond acceptors (Lipinski definition) is 6. The van der Waals surface area contributed by atoms with Crippen LogP contribution in [0.15, 0.2) is 12.4 Å². The molecule has 0 spiro atoms. The molecule has 3 aliphatic carbocycles. The van der Waals surface area contributed by atoms with Crippen LogP contribution in [0.25, 0.3) is 0 Å². The second-order valence-corrected chi connectivity index (χ2v) is 13.4. The summed E-state index contributed by atoms with van der Waals surface area (Å²) in [5, 5.41) is 14.2. The summed E-state index contributed by atoms with van der Waals surface area (Å²) in [6, 6.07) is 0. The van der Waals surface area contributed by atoms with Gasteiger partial charge in [-0.25, -0.2) is 9.18 Å². The number of Topliss-reactive ketones (excluding diaryl/α,β-unsaturated/α-hetero) is 1. The van der Waals surface area contributed by atoms with Crippen molar-refractivity contribution in [2.24, 2.45) is 45.8 Å². The van der Waals surface area contributed by atoms with Gasteiger partial charge >= 0.3 is 6.09 Å². The number of aliphatic hydroxyl groups excluding tert-OH is 1. The van der Waals surface area contributed by atoms with Crippen molar-refractivity contribution in [3.05, 3.63) is 12.4 Å². The Labute approximate surface area is 219 Å². The van der Waals surface area contributed by atoms with Crippen LogP contribution in [-0.2, 0) is 14.3 Å². The number of rotatable bonds is 4. The predicted molar refractivity (Wildman–Crippen MR) is 136 cm³/mol. The molecule has 2 aliphatic heterocycles. The fraction of sp³-hybridized carbons (Fsp3) is 0.828. The van der Waals surface area contributed by atoms with Gasteiger partial charge in [0.2, 0.25) is 5.91 Å². The van der Waals surface area contributed by atoms with Gasteiger partial charge in [0.15, 0.2) is 0 Å². The summed E-state index contributed by atoms with van der Waals surface area (Å²) in [5.41, 5.74) is -1.81. The Morgan fingerprint density at radius 2 is 1.97 bits per heavy atom. The molecule has 8 heteroatoms. The van der Waals surface area contributed by atoms with E-state index in [0.29, 0.717) is 25.7 Å². The maximum absolute atomic E-state index is 13.5. The van der Waals surface area contributed by atoms with E-state index in [4.69, 9.17) is 4.74 Å². The number of halogens is 1. The highest BCUT2D eigenvalue weighted by Crippen LogP contribution is 2.68. The van der Waals surface area contributed by atoms with Gasteiger partial charge in [-0.1, -0.05) is 33.8 Å². The number of imide groups is 1. The van der Waals surface area contributed by atoms with E-state index in [1.54, 1.807) is 0 Å². The number of nitrogens with zero attached hydrogens (tertiary/aromatic N) is 1. The van der Waals surface area contributed by atoms with Crippen molar-refractivity contribution in [1.82, 2.24) is 10.2 Å². The molecule has 206 valence electrons. The number of ketones is 1. The largest absolute Gasteiger partial charge is 0.445 e. The number of carbonyl (C=O) groups is 3. The van der Waals surface area contributed by atoms with Crippen molar-refractivity contribution in [3.63, 3.8) is 0 Å².